The molecule has 0 aromatic heterocycles. The zero-order valence-electron chi connectivity index (χ0n) is 12.7. The maximum atomic E-state index is 12.5. The molecule has 0 saturated carbocycles. The van der Waals surface area contributed by atoms with Crippen LogP contribution in [-0.2, 0) is 19.7 Å². The lowest BCUT2D eigenvalue weighted by atomic mass is 10.2. The van der Waals surface area contributed by atoms with Crippen molar-refractivity contribution in [2.45, 2.75) is 11.0 Å². The Morgan fingerprint density at radius 1 is 0.885 bits per heavy atom. The predicted octanol–water partition coefficient (Wildman–Crippen LogP) is 3.42. The molecule has 13 heteroatoms. The second-order valence-corrected chi connectivity index (χ2v) is 8.59. The van der Waals surface area contributed by atoms with Crippen LogP contribution < -0.4 is 4.74 Å². The van der Waals surface area contributed by atoms with Crippen molar-refractivity contribution in [2.75, 3.05) is 7.11 Å². The molecule has 0 aliphatic carbocycles. The van der Waals surface area contributed by atoms with Gasteiger partial charge in [-0.15, -0.1) is 0 Å². The lowest BCUT2D eigenvalue weighted by Crippen LogP contribution is -2.34. The van der Waals surface area contributed by atoms with Crippen LogP contribution >= 0.6 is 0 Å². The molecule has 1 aromatic carbocycles. The molecule has 0 saturated heterocycles. The molecule has 26 heavy (non-hydrogen) atoms. The van der Waals surface area contributed by atoms with Crippen LogP contribution in [0.5, 0.6) is 5.75 Å². The van der Waals surface area contributed by atoms with Gasteiger partial charge in [-0.2, -0.15) is 26.3 Å². The maximum Gasteiger partial charge on any atom is 0.502 e. The Labute approximate surface area is 144 Å². The van der Waals surface area contributed by atoms with E-state index in [1.165, 1.54) is 31.4 Å². The number of sulfone groups is 2. The molecule has 0 N–H and O–H groups in total. The highest BCUT2D eigenvalue weighted by Gasteiger charge is 2.59. The number of hydrogen-bond acceptors (Lipinski definition) is 5. The van der Waals surface area contributed by atoms with Crippen molar-refractivity contribution in [1.82, 2.24) is 0 Å². The van der Waals surface area contributed by atoms with Crippen molar-refractivity contribution in [1.29, 1.82) is 0 Å². The second-order valence-electron chi connectivity index (χ2n) is 4.52. The fourth-order valence-corrected chi connectivity index (χ4v) is 4.20. The summed E-state index contributed by atoms with van der Waals surface area (Å²) in [7, 11) is -12.2. The van der Waals surface area contributed by atoms with Gasteiger partial charge in [0.25, 0.3) is 19.7 Å². The van der Waals surface area contributed by atoms with Gasteiger partial charge in [0.2, 0.25) is 0 Å². The maximum absolute atomic E-state index is 12.5. The normalized spacial score (nSPS) is 13.7. The topological polar surface area (TPSA) is 77.5 Å². The molecule has 0 amide bonds. The number of ether oxygens (including phenoxy) is 1. The molecule has 1 aromatic rings. The monoisotopic (exact) mass is 424 g/mol. The minimum absolute atomic E-state index is 0.232. The molecule has 0 radical (unpaired) electrons. The lowest BCUT2D eigenvalue weighted by Gasteiger charge is -2.13. The van der Waals surface area contributed by atoms with E-state index in [0.717, 1.165) is 6.08 Å². The van der Waals surface area contributed by atoms with Crippen LogP contribution in [0.15, 0.2) is 40.7 Å². The van der Waals surface area contributed by atoms with Crippen LogP contribution in [0, 0.1) is 0 Å². The first kappa shape index (κ1) is 22.0. The summed E-state index contributed by atoms with van der Waals surface area (Å²) in [5.74, 6) is 0.401. The van der Waals surface area contributed by atoms with Gasteiger partial charge >= 0.3 is 11.0 Å². The van der Waals surface area contributed by atoms with Crippen LogP contribution in [0.4, 0.5) is 26.3 Å². The Balaban J connectivity index is 3.46. The second kappa shape index (κ2) is 7.31. The van der Waals surface area contributed by atoms with E-state index in [9.17, 15) is 43.2 Å². The van der Waals surface area contributed by atoms with Gasteiger partial charge in [0.15, 0.2) is 4.24 Å². The summed E-state index contributed by atoms with van der Waals surface area (Å²) in [4.78, 5) is 0. The third-order valence-electron chi connectivity index (χ3n) is 2.78. The van der Waals surface area contributed by atoms with Crippen LogP contribution in [-0.4, -0.2) is 35.0 Å². The Morgan fingerprint density at radius 2 is 1.31 bits per heavy atom. The zero-order valence-corrected chi connectivity index (χ0v) is 14.3. The van der Waals surface area contributed by atoms with E-state index in [1.807, 2.05) is 0 Å². The quantitative estimate of drug-likeness (QED) is 0.535. The van der Waals surface area contributed by atoms with Gasteiger partial charge in [-0.25, -0.2) is 16.8 Å². The summed E-state index contributed by atoms with van der Waals surface area (Å²) in [6.07, 6.45) is 1.09. The van der Waals surface area contributed by atoms with Crippen LogP contribution in [0.1, 0.15) is 5.56 Å². The highest BCUT2D eigenvalue weighted by molar-refractivity contribution is 8.15. The summed E-state index contributed by atoms with van der Waals surface area (Å²) in [6, 6.07) is 5.51. The zero-order chi connectivity index (χ0) is 20.4. The van der Waals surface area contributed by atoms with E-state index in [1.54, 1.807) is 0 Å². The molecule has 0 unspecified atom stereocenters. The fraction of sp³-hybridized carbons (Fsp3) is 0.231. The molecule has 0 aliphatic rings. The number of rotatable bonds is 5. The summed E-state index contributed by atoms with van der Waals surface area (Å²) in [5, 5.41) is 0. The third kappa shape index (κ3) is 4.58. The van der Waals surface area contributed by atoms with E-state index < -0.39 is 34.9 Å². The minimum Gasteiger partial charge on any atom is -0.497 e. The van der Waals surface area contributed by atoms with Gasteiger partial charge < -0.3 is 4.74 Å². The van der Waals surface area contributed by atoms with Crippen molar-refractivity contribution in [3.8, 4) is 5.75 Å². The number of methoxy groups -OCH3 is 1. The van der Waals surface area contributed by atoms with E-state index >= 15 is 0 Å². The molecule has 1 rings (SSSR count). The largest absolute Gasteiger partial charge is 0.502 e. The van der Waals surface area contributed by atoms with Crippen molar-refractivity contribution >= 4 is 25.8 Å². The van der Waals surface area contributed by atoms with Crippen molar-refractivity contribution in [3.05, 3.63) is 46.2 Å². The molecular weight excluding hydrogens is 414 g/mol. The van der Waals surface area contributed by atoms with Gasteiger partial charge in [0, 0.05) is 0 Å². The molecule has 0 aliphatic heterocycles. The highest BCUT2D eigenvalue weighted by atomic mass is 32.3. The predicted molar refractivity (Wildman–Crippen MR) is 80.1 cm³/mol. The fourth-order valence-electron chi connectivity index (χ4n) is 1.50. The number of halogens is 6. The molecule has 0 heterocycles. The van der Waals surface area contributed by atoms with Gasteiger partial charge in [-0.05, 0) is 23.8 Å². The third-order valence-corrected chi connectivity index (χ3v) is 6.64. The number of alkyl halides is 6. The van der Waals surface area contributed by atoms with E-state index in [0.29, 0.717) is 11.8 Å². The first-order valence-electron chi connectivity index (χ1n) is 6.29. The summed E-state index contributed by atoms with van der Waals surface area (Å²) in [5.41, 5.74) is -12.2. The van der Waals surface area contributed by atoms with E-state index in [2.05, 4.69) is 0 Å². The van der Waals surface area contributed by atoms with E-state index in [-0.39, 0.29) is 11.6 Å². The smallest absolute Gasteiger partial charge is 0.497 e. The molecule has 0 bridgehead atoms. The van der Waals surface area contributed by atoms with Crippen molar-refractivity contribution in [2.24, 2.45) is 0 Å². The minimum atomic E-state index is -6.76. The molecule has 5 nitrogen and oxygen atoms in total. The van der Waals surface area contributed by atoms with Crippen LogP contribution in [0.3, 0.4) is 0 Å². The molecule has 0 spiro atoms. The SMILES string of the molecule is COc1ccc(/C=C/C=C(S(=O)(=O)C(F)(F)F)S(=O)(=O)C(F)(F)F)cc1. The average molecular weight is 424 g/mol. The van der Waals surface area contributed by atoms with Gasteiger partial charge in [0.1, 0.15) is 5.75 Å². The number of allylic oxidation sites excluding steroid dienone is 2. The summed E-state index contributed by atoms with van der Waals surface area (Å²) >= 11 is 0. The molecule has 146 valence electrons. The number of hydrogen-bond donors (Lipinski definition) is 0. The van der Waals surface area contributed by atoms with Crippen molar-refractivity contribution in [3.63, 3.8) is 0 Å². The lowest BCUT2D eigenvalue weighted by molar-refractivity contribution is -0.0444. The van der Waals surface area contributed by atoms with E-state index in [4.69, 9.17) is 4.74 Å². The van der Waals surface area contributed by atoms with Gasteiger partial charge in [0.05, 0.1) is 7.11 Å². The molecule has 0 fully saturated rings. The first-order valence-corrected chi connectivity index (χ1v) is 9.26. The van der Waals surface area contributed by atoms with Crippen LogP contribution in [0.25, 0.3) is 6.08 Å². The van der Waals surface area contributed by atoms with Gasteiger partial charge in [-0.3, -0.25) is 0 Å². The Bertz CT molecular complexity index is 861. The van der Waals surface area contributed by atoms with Gasteiger partial charge in [-0.1, -0.05) is 24.3 Å². The molecule has 0 atom stereocenters. The summed E-state index contributed by atoms with van der Waals surface area (Å²) < 4.78 is 122. The van der Waals surface area contributed by atoms with Crippen LogP contribution in [0.2, 0.25) is 0 Å². The average Bonchev–Trinajstić information content (AvgIpc) is 2.49. The Morgan fingerprint density at radius 3 is 1.65 bits per heavy atom. The Hall–Kier alpha value is -2.02. The Kier molecular flexibility index (Phi) is 6.19. The first-order chi connectivity index (χ1) is 11.6. The summed E-state index contributed by atoms with van der Waals surface area (Å²) in [6.45, 7) is 0. The molecular formula is C13H10F6O5S2. The van der Waals surface area contributed by atoms with Crippen molar-refractivity contribution < 1.29 is 47.9 Å². The highest BCUT2D eigenvalue weighted by Crippen LogP contribution is 2.38. The standard InChI is InChI=1S/C13H10F6O5S2/c1-24-10-7-5-9(6-8-10)3-2-4-11(25(20,21)12(14,15)16)26(22,23)13(17,18)19/h2-8H,1H3/b3-2+. The number of benzene rings is 1.